The highest BCUT2D eigenvalue weighted by Crippen LogP contribution is 2.29. The highest BCUT2D eigenvalue weighted by Gasteiger charge is 2.26. The standard InChI is InChI=1S/C25H30ClN5O/c1-30(23-9-4-19(17-27)24(26)16-23)21-10-5-20(6-11-21)29-25(32)18-2-7-22(8-3-18)31-14-12-28-13-15-31/h2-4,7-9,16,20-21,28H,5-6,10-15H2,1H3,(H,29,32)/t20-,21-. The fourth-order valence-electron chi connectivity index (χ4n) is 4.65. The first kappa shape index (κ1) is 22.4. The number of anilines is 2. The van der Waals surface area contributed by atoms with E-state index < -0.39 is 0 Å². The van der Waals surface area contributed by atoms with Crippen molar-refractivity contribution in [1.82, 2.24) is 10.6 Å². The van der Waals surface area contributed by atoms with Gasteiger partial charge < -0.3 is 20.4 Å². The minimum Gasteiger partial charge on any atom is -0.372 e. The van der Waals surface area contributed by atoms with Gasteiger partial charge in [0.2, 0.25) is 0 Å². The summed E-state index contributed by atoms with van der Waals surface area (Å²) in [4.78, 5) is 17.3. The summed E-state index contributed by atoms with van der Waals surface area (Å²) in [7, 11) is 2.07. The number of benzene rings is 2. The molecule has 32 heavy (non-hydrogen) atoms. The Hall–Kier alpha value is -2.75. The van der Waals surface area contributed by atoms with Crippen LogP contribution in [0.5, 0.6) is 0 Å². The van der Waals surface area contributed by atoms with Gasteiger partial charge >= 0.3 is 0 Å². The smallest absolute Gasteiger partial charge is 0.251 e. The molecule has 6 nitrogen and oxygen atoms in total. The van der Waals surface area contributed by atoms with E-state index in [9.17, 15) is 4.79 Å². The van der Waals surface area contributed by atoms with Crippen molar-refractivity contribution in [1.29, 1.82) is 5.26 Å². The average molecular weight is 452 g/mol. The van der Waals surface area contributed by atoms with E-state index in [-0.39, 0.29) is 11.9 Å². The Balaban J connectivity index is 1.28. The number of hydrogen-bond donors (Lipinski definition) is 2. The van der Waals surface area contributed by atoms with E-state index in [1.165, 1.54) is 5.69 Å². The second kappa shape index (κ2) is 10.2. The maximum Gasteiger partial charge on any atom is 0.251 e. The summed E-state index contributed by atoms with van der Waals surface area (Å²) in [6.07, 6.45) is 3.90. The van der Waals surface area contributed by atoms with Crippen molar-refractivity contribution in [2.24, 2.45) is 0 Å². The maximum absolute atomic E-state index is 12.7. The minimum atomic E-state index is 0.00698. The molecule has 2 fully saturated rings. The van der Waals surface area contributed by atoms with E-state index in [4.69, 9.17) is 16.9 Å². The molecule has 0 spiro atoms. The number of nitrogens with one attached hydrogen (secondary N) is 2. The Labute approximate surface area is 195 Å². The maximum atomic E-state index is 12.7. The average Bonchev–Trinajstić information content (AvgIpc) is 2.84. The summed E-state index contributed by atoms with van der Waals surface area (Å²) in [6, 6.07) is 16.2. The Bertz CT molecular complexity index is 973. The molecule has 2 N–H and O–H groups in total. The van der Waals surface area contributed by atoms with Gasteiger partial charge in [0.15, 0.2) is 0 Å². The van der Waals surface area contributed by atoms with Crippen LogP contribution < -0.4 is 20.4 Å². The lowest BCUT2D eigenvalue weighted by atomic mass is 9.90. The first-order chi connectivity index (χ1) is 15.5. The van der Waals surface area contributed by atoms with Crippen LogP contribution in [-0.2, 0) is 0 Å². The Morgan fingerprint density at radius 3 is 2.44 bits per heavy atom. The van der Waals surface area contributed by atoms with Crippen molar-refractivity contribution < 1.29 is 4.79 Å². The van der Waals surface area contributed by atoms with Crippen molar-refractivity contribution in [3.63, 3.8) is 0 Å². The number of nitrogens with zero attached hydrogens (tertiary/aromatic N) is 3. The van der Waals surface area contributed by atoms with E-state index in [0.29, 0.717) is 16.6 Å². The van der Waals surface area contributed by atoms with Gasteiger partial charge in [-0.1, -0.05) is 11.6 Å². The second-order valence-corrected chi connectivity index (χ2v) is 9.06. The molecule has 1 amide bonds. The zero-order valence-corrected chi connectivity index (χ0v) is 19.2. The largest absolute Gasteiger partial charge is 0.372 e. The number of halogens is 1. The van der Waals surface area contributed by atoms with Gasteiger partial charge in [-0.2, -0.15) is 5.26 Å². The van der Waals surface area contributed by atoms with Crippen molar-refractivity contribution >= 4 is 28.9 Å². The van der Waals surface area contributed by atoms with Crippen molar-refractivity contribution in [2.45, 2.75) is 37.8 Å². The molecule has 0 unspecified atom stereocenters. The number of carbonyl (C=O) groups is 1. The van der Waals surface area contributed by atoms with Crippen molar-refractivity contribution in [3.05, 3.63) is 58.6 Å². The first-order valence-corrected chi connectivity index (χ1v) is 11.7. The van der Waals surface area contributed by atoms with Crippen LogP contribution in [0.4, 0.5) is 11.4 Å². The summed E-state index contributed by atoms with van der Waals surface area (Å²) in [5, 5.41) is 16.1. The molecule has 2 aromatic rings. The summed E-state index contributed by atoms with van der Waals surface area (Å²) in [6.45, 7) is 3.99. The van der Waals surface area contributed by atoms with Gasteiger partial charge in [-0.15, -0.1) is 0 Å². The van der Waals surface area contributed by atoms with Crippen LogP contribution in [0.15, 0.2) is 42.5 Å². The molecule has 0 bridgehead atoms. The molecule has 0 radical (unpaired) electrons. The summed E-state index contributed by atoms with van der Waals surface area (Å²) in [5.41, 5.74) is 3.41. The fourth-order valence-corrected chi connectivity index (χ4v) is 4.86. The van der Waals surface area contributed by atoms with Crippen LogP contribution in [0, 0.1) is 11.3 Å². The molecule has 4 rings (SSSR count). The topological polar surface area (TPSA) is 71.4 Å². The van der Waals surface area contributed by atoms with E-state index in [2.05, 4.69) is 45.7 Å². The lowest BCUT2D eigenvalue weighted by Crippen LogP contribution is -2.43. The lowest BCUT2D eigenvalue weighted by molar-refractivity contribution is 0.0926. The molecule has 1 saturated heterocycles. The van der Waals surface area contributed by atoms with Crippen molar-refractivity contribution in [3.8, 4) is 6.07 Å². The molecule has 1 heterocycles. The highest BCUT2D eigenvalue weighted by atomic mass is 35.5. The number of carbonyl (C=O) groups excluding carboxylic acids is 1. The van der Waals surface area contributed by atoms with Gasteiger partial charge in [-0.3, -0.25) is 4.79 Å². The summed E-state index contributed by atoms with van der Waals surface area (Å²) >= 11 is 6.20. The molecule has 1 aliphatic heterocycles. The van der Waals surface area contributed by atoms with Crippen molar-refractivity contribution in [2.75, 3.05) is 43.0 Å². The summed E-state index contributed by atoms with van der Waals surface area (Å²) in [5.74, 6) is 0.00698. The molecule has 2 aromatic carbocycles. The van der Waals surface area contributed by atoms with E-state index in [1.54, 1.807) is 6.07 Å². The number of hydrogen-bond acceptors (Lipinski definition) is 5. The van der Waals surface area contributed by atoms with Gasteiger partial charge in [0.25, 0.3) is 5.91 Å². The molecule has 0 aromatic heterocycles. The molecule has 1 aliphatic carbocycles. The molecular formula is C25H30ClN5O. The number of piperazine rings is 1. The van der Waals surface area contributed by atoms with Crippen LogP contribution in [0.3, 0.4) is 0 Å². The van der Waals surface area contributed by atoms with E-state index >= 15 is 0 Å². The number of rotatable bonds is 5. The van der Waals surface area contributed by atoms with Gasteiger partial charge in [-0.05, 0) is 68.1 Å². The van der Waals surface area contributed by atoms with Crippen LogP contribution in [-0.4, -0.2) is 51.2 Å². The Morgan fingerprint density at radius 1 is 1.12 bits per heavy atom. The zero-order valence-electron chi connectivity index (χ0n) is 18.5. The van der Waals surface area contributed by atoms with E-state index in [1.807, 2.05) is 24.3 Å². The Morgan fingerprint density at radius 2 is 1.81 bits per heavy atom. The van der Waals surface area contributed by atoms with Gasteiger partial charge in [0.1, 0.15) is 6.07 Å². The van der Waals surface area contributed by atoms with Crippen LogP contribution in [0.2, 0.25) is 5.02 Å². The monoisotopic (exact) mass is 451 g/mol. The molecular weight excluding hydrogens is 422 g/mol. The molecule has 0 atom stereocenters. The third-order valence-electron chi connectivity index (χ3n) is 6.67. The number of amides is 1. The Kier molecular flexibility index (Phi) is 7.19. The third-order valence-corrected chi connectivity index (χ3v) is 6.98. The predicted molar refractivity (Wildman–Crippen MR) is 130 cm³/mol. The molecule has 7 heteroatoms. The predicted octanol–water partition coefficient (Wildman–Crippen LogP) is 3.80. The van der Waals surface area contributed by atoms with E-state index in [0.717, 1.165) is 63.1 Å². The molecule has 168 valence electrons. The minimum absolute atomic E-state index is 0.00698. The lowest BCUT2D eigenvalue weighted by Gasteiger charge is -2.36. The fraction of sp³-hybridized carbons (Fsp3) is 0.440. The number of nitriles is 1. The molecule has 1 saturated carbocycles. The highest BCUT2D eigenvalue weighted by molar-refractivity contribution is 6.32. The van der Waals surface area contributed by atoms with Gasteiger partial charge in [0, 0.05) is 62.2 Å². The first-order valence-electron chi connectivity index (χ1n) is 11.3. The van der Waals surface area contributed by atoms with Crippen LogP contribution in [0.25, 0.3) is 0 Å². The third kappa shape index (κ3) is 5.17. The van der Waals surface area contributed by atoms with Crippen LogP contribution >= 0.6 is 11.6 Å². The van der Waals surface area contributed by atoms with Crippen LogP contribution in [0.1, 0.15) is 41.6 Å². The second-order valence-electron chi connectivity index (χ2n) is 8.65. The zero-order chi connectivity index (χ0) is 22.5. The summed E-state index contributed by atoms with van der Waals surface area (Å²) < 4.78 is 0. The SMILES string of the molecule is CN(c1ccc(C#N)c(Cl)c1)[C@H]1CC[C@H](NC(=O)c2ccc(N3CCNCC3)cc2)CC1. The van der Waals surface area contributed by atoms with Gasteiger partial charge in [0.05, 0.1) is 10.6 Å². The quantitative estimate of drug-likeness (QED) is 0.723. The normalized spacial score (nSPS) is 21.0. The molecule has 2 aliphatic rings. The van der Waals surface area contributed by atoms with Gasteiger partial charge in [-0.25, -0.2) is 0 Å².